The molecule has 0 radical (unpaired) electrons. The van der Waals surface area contributed by atoms with Crippen molar-refractivity contribution in [1.82, 2.24) is 9.80 Å². The van der Waals surface area contributed by atoms with Gasteiger partial charge in [-0.1, -0.05) is 54.3 Å². The molecule has 0 aromatic heterocycles. The van der Waals surface area contributed by atoms with Crippen LogP contribution >= 0.6 is 0 Å². The van der Waals surface area contributed by atoms with E-state index >= 15 is 0 Å². The molecule has 4 nitrogen and oxygen atoms in total. The van der Waals surface area contributed by atoms with Crippen molar-refractivity contribution in [3.63, 3.8) is 0 Å². The van der Waals surface area contributed by atoms with Gasteiger partial charge in [-0.15, -0.1) is 0 Å². The molecular weight excluding hydrogens is 360 g/mol. The molecule has 1 amide bonds. The van der Waals surface area contributed by atoms with E-state index in [0.717, 1.165) is 38.3 Å². The highest BCUT2D eigenvalue weighted by Gasteiger charge is 2.21. The Hall–Kier alpha value is -2.87. The molecule has 4 heteroatoms. The first kappa shape index (κ1) is 20.9. The minimum atomic E-state index is -1.02. The number of aliphatic hydroxyl groups is 1. The molecule has 0 atom stereocenters. The molecule has 0 bridgehead atoms. The van der Waals surface area contributed by atoms with Crippen molar-refractivity contribution < 1.29 is 9.90 Å². The summed E-state index contributed by atoms with van der Waals surface area (Å²) < 4.78 is 0. The second-order valence-corrected chi connectivity index (χ2v) is 7.79. The third kappa shape index (κ3) is 6.60. The van der Waals surface area contributed by atoms with Gasteiger partial charge in [0, 0.05) is 43.9 Å². The summed E-state index contributed by atoms with van der Waals surface area (Å²) in [4.78, 5) is 17.0. The van der Waals surface area contributed by atoms with Gasteiger partial charge >= 0.3 is 0 Å². The Balaban J connectivity index is 1.49. The number of hydrogen-bond donors (Lipinski definition) is 1. The van der Waals surface area contributed by atoms with Crippen molar-refractivity contribution in [3.05, 3.63) is 77.4 Å². The lowest BCUT2D eigenvalue weighted by Crippen LogP contribution is -2.48. The number of hydrogen-bond acceptors (Lipinski definition) is 3. The van der Waals surface area contributed by atoms with Crippen molar-refractivity contribution in [2.45, 2.75) is 19.4 Å². The Bertz CT molecular complexity index is 892. The van der Waals surface area contributed by atoms with E-state index < -0.39 is 5.60 Å². The Morgan fingerprint density at radius 2 is 1.69 bits per heavy atom. The van der Waals surface area contributed by atoms with Gasteiger partial charge in [0.2, 0.25) is 0 Å². The average Bonchev–Trinajstić information content (AvgIpc) is 2.73. The minimum Gasteiger partial charge on any atom is -0.378 e. The molecule has 0 unspecified atom stereocenters. The zero-order valence-electron chi connectivity index (χ0n) is 17.1. The topological polar surface area (TPSA) is 43.8 Å². The van der Waals surface area contributed by atoms with Gasteiger partial charge in [-0.2, -0.15) is 0 Å². The van der Waals surface area contributed by atoms with Crippen LogP contribution in [0.1, 0.15) is 35.3 Å². The lowest BCUT2D eigenvalue weighted by atomic mass is 10.1. The first-order valence-corrected chi connectivity index (χ1v) is 9.99. The molecule has 0 aliphatic carbocycles. The molecule has 1 aliphatic rings. The summed E-state index contributed by atoms with van der Waals surface area (Å²) in [5.74, 6) is 5.77. The lowest BCUT2D eigenvalue weighted by Gasteiger charge is -2.34. The van der Waals surface area contributed by atoms with Crippen LogP contribution in [0.4, 0.5) is 0 Å². The summed E-state index contributed by atoms with van der Waals surface area (Å²) >= 11 is 0. The SMILES string of the molecule is CC(C)(O)C#Cc1ccc(C(=O)N2CCN(CC=Cc3ccccc3)CC2)cc1. The second-order valence-electron chi connectivity index (χ2n) is 7.79. The molecule has 2 aromatic carbocycles. The summed E-state index contributed by atoms with van der Waals surface area (Å²) in [6, 6.07) is 17.6. The standard InChI is InChI=1S/C25H28N2O2/c1-25(2,29)15-14-22-10-12-23(13-11-22)24(28)27-19-17-26(18-20-27)16-6-9-21-7-4-3-5-8-21/h3-13,29H,16-20H2,1-2H3. The van der Waals surface area contributed by atoms with Crippen LogP contribution in [0.15, 0.2) is 60.7 Å². The van der Waals surface area contributed by atoms with Gasteiger partial charge < -0.3 is 10.0 Å². The Morgan fingerprint density at radius 1 is 1.03 bits per heavy atom. The largest absolute Gasteiger partial charge is 0.378 e. The predicted octanol–water partition coefficient (Wildman–Crippen LogP) is 3.28. The van der Waals surface area contributed by atoms with Crippen LogP contribution in [-0.2, 0) is 0 Å². The number of piperazine rings is 1. The molecule has 0 saturated carbocycles. The van der Waals surface area contributed by atoms with Gasteiger partial charge in [0.1, 0.15) is 5.60 Å². The van der Waals surface area contributed by atoms with E-state index in [0.29, 0.717) is 5.56 Å². The van der Waals surface area contributed by atoms with Gasteiger partial charge in [-0.25, -0.2) is 0 Å². The van der Waals surface area contributed by atoms with E-state index in [1.807, 2.05) is 47.4 Å². The maximum Gasteiger partial charge on any atom is 0.253 e. The number of rotatable bonds is 4. The maximum atomic E-state index is 12.8. The molecule has 1 N–H and O–H groups in total. The molecule has 1 fully saturated rings. The molecule has 3 rings (SSSR count). The molecule has 29 heavy (non-hydrogen) atoms. The summed E-state index contributed by atoms with van der Waals surface area (Å²) in [6.07, 6.45) is 4.32. The Morgan fingerprint density at radius 3 is 2.31 bits per heavy atom. The summed E-state index contributed by atoms with van der Waals surface area (Å²) in [7, 11) is 0. The first-order valence-electron chi connectivity index (χ1n) is 9.99. The van der Waals surface area contributed by atoms with Crippen LogP contribution in [0.2, 0.25) is 0 Å². The average molecular weight is 389 g/mol. The van der Waals surface area contributed by atoms with Gasteiger partial charge in [0.25, 0.3) is 5.91 Å². The highest BCUT2D eigenvalue weighted by Crippen LogP contribution is 2.11. The monoisotopic (exact) mass is 388 g/mol. The van der Waals surface area contributed by atoms with Crippen molar-refractivity contribution >= 4 is 12.0 Å². The highest BCUT2D eigenvalue weighted by molar-refractivity contribution is 5.94. The first-order chi connectivity index (χ1) is 13.9. The van der Waals surface area contributed by atoms with Crippen LogP contribution in [0, 0.1) is 11.8 Å². The van der Waals surface area contributed by atoms with Crippen LogP contribution < -0.4 is 0 Å². The zero-order valence-corrected chi connectivity index (χ0v) is 17.1. The fourth-order valence-electron chi connectivity index (χ4n) is 3.14. The molecule has 1 heterocycles. The van der Waals surface area contributed by atoms with Gasteiger partial charge in [-0.05, 0) is 43.7 Å². The Labute approximate surface area is 173 Å². The van der Waals surface area contributed by atoms with Gasteiger partial charge in [0.05, 0.1) is 0 Å². The lowest BCUT2D eigenvalue weighted by molar-refractivity contribution is 0.0650. The normalized spacial score (nSPS) is 15.2. The fourth-order valence-corrected chi connectivity index (χ4v) is 3.14. The van der Waals surface area contributed by atoms with E-state index in [1.54, 1.807) is 13.8 Å². The second kappa shape index (κ2) is 9.56. The van der Waals surface area contributed by atoms with Crippen molar-refractivity contribution in [2.75, 3.05) is 32.7 Å². The zero-order chi connectivity index (χ0) is 20.7. The minimum absolute atomic E-state index is 0.0616. The highest BCUT2D eigenvalue weighted by atomic mass is 16.3. The Kier molecular flexibility index (Phi) is 6.87. The molecular formula is C25H28N2O2. The molecule has 1 aliphatic heterocycles. The number of nitrogens with zero attached hydrogens (tertiary/aromatic N) is 2. The number of carbonyl (C=O) groups is 1. The van der Waals surface area contributed by atoms with Gasteiger partial charge in [0.15, 0.2) is 0 Å². The van der Waals surface area contributed by atoms with E-state index in [2.05, 4.69) is 41.0 Å². The predicted molar refractivity (Wildman–Crippen MR) is 117 cm³/mol. The third-order valence-corrected chi connectivity index (χ3v) is 4.78. The van der Waals surface area contributed by atoms with Crippen molar-refractivity contribution in [1.29, 1.82) is 0 Å². The van der Waals surface area contributed by atoms with E-state index in [1.165, 1.54) is 5.56 Å². The van der Waals surface area contributed by atoms with Crippen LogP contribution in [0.3, 0.4) is 0 Å². The number of carbonyl (C=O) groups excluding carboxylic acids is 1. The van der Waals surface area contributed by atoms with Crippen LogP contribution in [0.5, 0.6) is 0 Å². The van der Waals surface area contributed by atoms with Crippen molar-refractivity contribution in [2.24, 2.45) is 0 Å². The molecule has 2 aromatic rings. The van der Waals surface area contributed by atoms with E-state index in [4.69, 9.17) is 0 Å². The van der Waals surface area contributed by atoms with Crippen LogP contribution in [-0.4, -0.2) is 59.1 Å². The van der Waals surface area contributed by atoms with Gasteiger partial charge in [-0.3, -0.25) is 9.69 Å². The summed E-state index contributed by atoms with van der Waals surface area (Å²) in [6.45, 7) is 7.41. The van der Waals surface area contributed by atoms with E-state index in [-0.39, 0.29) is 5.91 Å². The smallest absolute Gasteiger partial charge is 0.253 e. The maximum absolute atomic E-state index is 12.8. The quantitative estimate of drug-likeness (QED) is 0.818. The third-order valence-electron chi connectivity index (χ3n) is 4.78. The van der Waals surface area contributed by atoms with Crippen LogP contribution in [0.25, 0.3) is 6.08 Å². The van der Waals surface area contributed by atoms with Crippen molar-refractivity contribution in [3.8, 4) is 11.8 Å². The molecule has 150 valence electrons. The summed E-state index contributed by atoms with van der Waals surface area (Å²) in [5.41, 5.74) is 1.65. The number of benzene rings is 2. The summed E-state index contributed by atoms with van der Waals surface area (Å²) in [5, 5.41) is 9.68. The molecule has 0 spiro atoms. The fraction of sp³-hybridized carbons (Fsp3) is 0.320. The number of amides is 1. The van der Waals surface area contributed by atoms with E-state index in [9.17, 15) is 9.90 Å². The molecule has 1 saturated heterocycles.